The highest BCUT2D eigenvalue weighted by molar-refractivity contribution is 5.71. The van der Waals surface area contributed by atoms with E-state index in [0.29, 0.717) is 11.6 Å². The highest BCUT2D eigenvalue weighted by atomic mass is 15.3. The molecule has 0 atom stereocenters. The molecule has 8 nitrogen and oxygen atoms in total. The first-order valence-corrected chi connectivity index (χ1v) is 6.80. The molecule has 4 aromatic rings. The number of aromatic nitrogens is 7. The van der Waals surface area contributed by atoms with Gasteiger partial charge in [0, 0.05) is 19.4 Å². The van der Waals surface area contributed by atoms with Gasteiger partial charge in [-0.3, -0.25) is 4.57 Å². The van der Waals surface area contributed by atoms with Gasteiger partial charge in [0.15, 0.2) is 11.6 Å². The Kier molecular flexibility index (Phi) is 2.68. The molecule has 0 aliphatic heterocycles. The molecular weight excluding hydrogens is 280 g/mol. The van der Waals surface area contributed by atoms with Gasteiger partial charge in [-0.1, -0.05) is 0 Å². The van der Waals surface area contributed by atoms with Crippen LogP contribution < -0.4 is 5.32 Å². The van der Waals surface area contributed by atoms with Crippen molar-refractivity contribution in [3.63, 3.8) is 0 Å². The lowest BCUT2D eigenvalue weighted by molar-refractivity contribution is 0.860. The minimum Gasteiger partial charge on any atom is -0.338 e. The summed E-state index contributed by atoms with van der Waals surface area (Å²) in [5, 5.41) is 7.55. The maximum absolute atomic E-state index is 4.44. The lowest BCUT2D eigenvalue weighted by atomic mass is 10.4. The van der Waals surface area contributed by atoms with Gasteiger partial charge in [-0.2, -0.15) is 5.10 Å². The molecule has 0 radical (unpaired) electrons. The van der Waals surface area contributed by atoms with Crippen molar-refractivity contribution in [3.05, 3.63) is 49.2 Å². The number of hydrogen-bond donors (Lipinski definition) is 1. The summed E-state index contributed by atoms with van der Waals surface area (Å²) in [6.07, 6.45) is 9.15. The van der Waals surface area contributed by atoms with E-state index in [2.05, 4.69) is 25.4 Å². The van der Waals surface area contributed by atoms with Crippen molar-refractivity contribution >= 4 is 17.2 Å². The van der Waals surface area contributed by atoms with Crippen molar-refractivity contribution in [2.45, 2.75) is 6.92 Å². The Bertz CT molecular complexity index is 945. The van der Waals surface area contributed by atoms with E-state index >= 15 is 0 Å². The minimum absolute atomic E-state index is 0.690. The second kappa shape index (κ2) is 4.69. The van der Waals surface area contributed by atoms with E-state index in [-0.39, 0.29) is 0 Å². The van der Waals surface area contributed by atoms with Crippen molar-refractivity contribution < 1.29 is 0 Å². The van der Waals surface area contributed by atoms with Crippen LogP contribution in [0.3, 0.4) is 0 Å². The fraction of sp³-hybridized carbons (Fsp3) is 0.143. The summed E-state index contributed by atoms with van der Waals surface area (Å²) in [5.41, 5.74) is 0.901. The van der Waals surface area contributed by atoms with Gasteiger partial charge in [0.05, 0.1) is 12.5 Å². The molecule has 1 N–H and O–H groups in total. The SMILES string of the molecule is Cc1nc(Nc2cn(-c3cn(C)cn3)cn2)c2cccn2n1. The van der Waals surface area contributed by atoms with Gasteiger partial charge in [-0.25, -0.2) is 19.5 Å². The van der Waals surface area contributed by atoms with Crippen molar-refractivity contribution in [1.82, 2.24) is 33.7 Å². The van der Waals surface area contributed by atoms with Crippen LogP contribution in [0.15, 0.2) is 43.4 Å². The normalized spacial score (nSPS) is 11.2. The highest BCUT2D eigenvalue weighted by Crippen LogP contribution is 2.19. The molecule has 0 bridgehead atoms. The molecule has 0 fully saturated rings. The number of hydrogen-bond acceptors (Lipinski definition) is 5. The van der Waals surface area contributed by atoms with Crippen LogP contribution in [-0.2, 0) is 7.05 Å². The van der Waals surface area contributed by atoms with Gasteiger partial charge in [0.25, 0.3) is 0 Å². The zero-order chi connectivity index (χ0) is 15.1. The summed E-state index contributed by atoms with van der Waals surface area (Å²) in [7, 11) is 1.93. The molecule has 4 heterocycles. The number of nitrogens with zero attached hydrogens (tertiary/aromatic N) is 7. The van der Waals surface area contributed by atoms with Gasteiger partial charge in [0.1, 0.15) is 23.5 Å². The van der Waals surface area contributed by atoms with Crippen LogP contribution in [0.5, 0.6) is 0 Å². The summed E-state index contributed by atoms with van der Waals surface area (Å²) in [6, 6.07) is 3.89. The van der Waals surface area contributed by atoms with Gasteiger partial charge in [-0.15, -0.1) is 0 Å². The fourth-order valence-electron chi connectivity index (χ4n) is 2.30. The Hall–Kier alpha value is -3.16. The van der Waals surface area contributed by atoms with Crippen molar-refractivity contribution in [2.75, 3.05) is 5.32 Å². The van der Waals surface area contributed by atoms with E-state index in [1.165, 1.54) is 0 Å². The van der Waals surface area contributed by atoms with Crippen LogP contribution in [0.4, 0.5) is 11.6 Å². The molecule has 0 aromatic carbocycles. The number of imidazole rings is 2. The number of fused-ring (bicyclic) bond motifs is 1. The van der Waals surface area contributed by atoms with Crippen LogP contribution in [-0.4, -0.2) is 33.7 Å². The summed E-state index contributed by atoms with van der Waals surface area (Å²) >= 11 is 0. The first-order chi connectivity index (χ1) is 10.7. The maximum atomic E-state index is 4.44. The number of anilines is 2. The molecule has 22 heavy (non-hydrogen) atoms. The van der Waals surface area contributed by atoms with Crippen molar-refractivity contribution in [3.8, 4) is 5.82 Å². The third-order valence-corrected chi connectivity index (χ3v) is 3.28. The van der Waals surface area contributed by atoms with E-state index in [4.69, 9.17) is 0 Å². The van der Waals surface area contributed by atoms with Gasteiger partial charge in [0.2, 0.25) is 0 Å². The summed E-state index contributed by atoms with van der Waals surface area (Å²) in [5.74, 6) is 2.93. The highest BCUT2D eigenvalue weighted by Gasteiger charge is 2.08. The lowest BCUT2D eigenvalue weighted by Crippen LogP contribution is -2.03. The lowest BCUT2D eigenvalue weighted by Gasteiger charge is -2.05. The monoisotopic (exact) mass is 294 g/mol. The van der Waals surface area contributed by atoms with Gasteiger partial charge in [-0.05, 0) is 19.1 Å². The van der Waals surface area contributed by atoms with E-state index in [1.807, 2.05) is 53.8 Å². The number of rotatable bonds is 3. The average molecular weight is 294 g/mol. The Labute approximate surface area is 126 Å². The molecule has 110 valence electrons. The van der Waals surface area contributed by atoms with Crippen LogP contribution >= 0.6 is 0 Å². The van der Waals surface area contributed by atoms with Gasteiger partial charge < -0.3 is 9.88 Å². The largest absolute Gasteiger partial charge is 0.338 e. The van der Waals surface area contributed by atoms with E-state index < -0.39 is 0 Å². The molecule has 0 saturated carbocycles. The van der Waals surface area contributed by atoms with Crippen LogP contribution in [0.25, 0.3) is 11.3 Å². The zero-order valence-corrected chi connectivity index (χ0v) is 12.2. The second-order valence-electron chi connectivity index (χ2n) is 5.03. The Morgan fingerprint density at radius 2 is 2.05 bits per heavy atom. The molecule has 0 saturated heterocycles. The number of aryl methyl sites for hydroxylation is 2. The standard InChI is InChI=1S/C14H14N8/c1-10-17-14(11-4-3-5-22(11)19-10)18-12-6-21(9-15-12)13-7-20(2)8-16-13/h3-9H,1-2H3,(H,17,18,19). The van der Waals surface area contributed by atoms with Crippen LogP contribution in [0, 0.1) is 6.92 Å². The van der Waals surface area contributed by atoms with Crippen LogP contribution in [0.1, 0.15) is 5.82 Å². The quantitative estimate of drug-likeness (QED) is 0.622. The predicted molar refractivity (Wildman–Crippen MR) is 81.3 cm³/mol. The Morgan fingerprint density at radius 1 is 1.14 bits per heavy atom. The van der Waals surface area contributed by atoms with E-state index in [1.54, 1.807) is 17.2 Å². The van der Waals surface area contributed by atoms with E-state index in [9.17, 15) is 0 Å². The van der Waals surface area contributed by atoms with Crippen molar-refractivity contribution in [1.29, 1.82) is 0 Å². The van der Waals surface area contributed by atoms with Crippen molar-refractivity contribution in [2.24, 2.45) is 7.05 Å². The molecule has 0 amide bonds. The number of nitrogens with one attached hydrogen (secondary N) is 1. The second-order valence-corrected chi connectivity index (χ2v) is 5.03. The Morgan fingerprint density at radius 3 is 2.86 bits per heavy atom. The van der Waals surface area contributed by atoms with E-state index in [0.717, 1.165) is 17.2 Å². The van der Waals surface area contributed by atoms with Crippen LogP contribution in [0.2, 0.25) is 0 Å². The minimum atomic E-state index is 0.690. The Balaban J connectivity index is 1.68. The molecule has 4 rings (SSSR count). The maximum Gasteiger partial charge on any atom is 0.159 e. The van der Waals surface area contributed by atoms with Gasteiger partial charge >= 0.3 is 0 Å². The molecule has 0 unspecified atom stereocenters. The summed E-state index contributed by atoms with van der Waals surface area (Å²) in [4.78, 5) is 13.1. The summed E-state index contributed by atoms with van der Waals surface area (Å²) < 4.78 is 5.53. The topological polar surface area (TPSA) is 77.9 Å². The average Bonchev–Trinajstić information content (AvgIpc) is 3.18. The molecule has 0 aliphatic rings. The zero-order valence-electron chi connectivity index (χ0n) is 12.2. The first-order valence-electron chi connectivity index (χ1n) is 6.80. The smallest absolute Gasteiger partial charge is 0.159 e. The molecule has 4 aromatic heterocycles. The first kappa shape index (κ1) is 12.6. The fourth-order valence-corrected chi connectivity index (χ4v) is 2.30. The summed E-state index contributed by atoms with van der Waals surface area (Å²) in [6.45, 7) is 1.86. The molecule has 0 spiro atoms. The third kappa shape index (κ3) is 2.10. The predicted octanol–water partition coefficient (Wildman–Crippen LogP) is 1.70. The molecule has 8 heteroatoms. The third-order valence-electron chi connectivity index (χ3n) is 3.28. The molecule has 0 aliphatic carbocycles. The molecular formula is C14H14N8.